The second-order valence-electron chi connectivity index (χ2n) is 10.6. The Morgan fingerprint density at radius 2 is 1.72 bits per heavy atom. The van der Waals surface area contributed by atoms with Gasteiger partial charge in [-0.15, -0.1) is 0 Å². The van der Waals surface area contributed by atoms with E-state index in [9.17, 15) is 14.8 Å². The molecule has 1 aliphatic rings. The average molecular weight is 577 g/mol. The van der Waals surface area contributed by atoms with Crippen molar-refractivity contribution in [2.24, 2.45) is 10.7 Å². The summed E-state index contributed by atoms with van der Waals surface area (Å²) in [5.41, 5.74) is 12.2. The molecule has 1 amide bonds. The molecule has 3 aromatic carbocycles. The number of hydrogen-bond donors (Lipinski definition) is 1. The van der Waals surface area contributed by atoms with Gasteiger partial charge >= 0.3 is 5.69 Å². The van der Waals surface area contributed by atoms with Crippen molar-refractivity contribution < 1.29 is 14.2 Å². The van der Waals surface area contributed by atoms with Crippen LogP contribution >= 0.6 is 0 Å². The van der Waals surface area contributed by atoms with Gasteiger partial charge in [-0.2, -0.15) is 0 Å². The minimum Gasteiger partial charge on any atom is -0.633 e. The van der Waals surface area contributed by atoms with Gasteiger partial charge in [0, 0.05) is 24.4 Å². The monoisotopic (exact) mass is 576 g/mol. The van der Waals surface area contributed by atoms with Crippen molar-refractivity contribution in [1.82, 2.24) is 9.13 Å². The second kappa shape index (κ2) is 11.8. The van der Waals surface area contributed by atoms with Crippen molar-refractivity contribution in [2.75, 3.05) is 32.6 Å². The van der Waals surface area contributed by atoms with Crippen molar-refractivity contribution >= 4 is 17.3 Å². The number of para-hydroxylation sites is 1. The molecule has 0 saturated carbocycles. The van der Waals surface area contributed by atoms with E-state index in [1.807, 2.05) is 30.3 Å². The highest BCUT2D eigenvalue weighted by atomic mass is 16.5. The van der Waals surface area contributed by atoms with Gasteiger partial charge < -0.3 is 25.2 Å². The maximum Gasteiger partial charge on any atom is 0.339 e. The largest absolute Gasteiger partial charge is 0.633 e. The lowest BCUT2D eigenvalue weighted by Gasteiger charge is -2.32. The maximum atomic E-state index is 14.1. The van der Waals surface area contributed by atoms with E-state index in [4.69, 9.17) is 10.5 Å². The third kappa shape index (κ3) is 6.27. The Kier molecular flexibility index (Phi) is 8.00. The van der Waals surface area contributed by atoms with Crippen LogP contribution in [0.4, 0.5) is 5.69 Å². The molecule has 2 N–H and O–H groups in total. The number of amides is 1. The van der Waals surface area contributed by atoms with E-state index in [0.29, 0.717) is 50.7 Å². The van der Waals surface area contributed by atoms with Gasteiger partial charge in [-0.1, -0.05) is 30.0 Å². The van der Waals surface area contributed by atoms with Gasteiger partial charge in [0.25, 0.3) is 5.91 Å². The first kappa shape index (κ1) is 29.1. The third-order valence-corrected chi connectivity index (χ3v) is 6.84. The Hall–Kier alpha value is -5.41. The summed E-state index contributed by atoms with van der Waals surface area (Å²) in [5, 5.41) is 12.3. The fourth-order valence-corrected chi connectivity index (χ4v) is 4.54. The van der Waals surface area contributed by atoms with Crippen LogP contribution in [0.3, 0.4) is 0 Å². The molecule has 0 fully saturated rings. The normalized spacial score (nSPS) is 12.9. The Labute approximate surface area is 248 Å². The number of carbonyl (C=O) groups excluding carboxylic acids is 1. The molecule has 0 saturated heterocycles. The van der Waals surface area contributed by atoms with Gasteiger partial charge in [0.2, 0.25) is 0 Å². The van der Waals surface area contributed by atoms with E-state index in [2.05, 4.69) is 10.7 Å². The van der Waals surface area contributed by atoms with Crippen LogP contribution in [-0.2, 0) is 4.79 Å². The van der Waals surface area contributed by atoms with Crippen LogP contribution < -0.4 is 31.9 Å². The first-order valence-corrected chi connectivity index (χ1v) is 13.6. The number of ether oxygens (including phenoxy) is 1. The van der Waals surface area contributed by atoms with E-state index in [1.54, 1.807) is 68.6 Å². The van der Waals surface area contributed by atoms with Crippen molar-refractivity contribution in [3.63, 3.8) is 0 Å². The molecule has 43 heavy (non-hydrogen) atoms. The van der Waals surface area contributed by atoms with E-state index >= 15 is 0 Å². The first-order valence-electron chi connectivity index (χ1n) is 13.6. The number of carbonyl (C=O) groups is 1. The molecule has 0 radical (unpaired) electrons. The molecule has 218 valence electrons. The molecular formula is C33H32N6O4. The van der Waals surface area contributed by atoms with Gasteiger partial charge in [-0.3, -0.25) is 9.36 Å². The summed E-state index contributed by atoms with van der Waals surface area (Å²) in [6, 6.07) is 23.6. The summed E-state index contributed by atoms with van der Waals surface area (Å²) in [6.07, 6.45) is 4.41. The molecule has 0 atom stereocenters. The molecule has 5 rings (SSSR count). The summed E-state index contributed by atoms with van der Waals surface area (Å²) < 4.78 is 8.36. The first-order chi connectivity index (χ1) is 20.5. The molecule has 1 aromatic heterocycles. The summed E-state index contributed by atoms with van der Waals surface area (Å²) in [5.74, 6) is 1.00. The van der Waals surface area contributed by atoms with Gasteiger partial charge in [0.1, 0.15) is 16.8 Å². The summed E-state index contributed by atoms with van der Waals surface area (Å²) in [4.78, 5) is 33.0. The Morgan fingerprint density at radius 1 is 1.02 bits per heavy atom. The number of hydrogen-bond acceptors (Lipinski definition) is 6. The lowest BCUT2D eigenvalue weighted by atomic mass is 10.2. The minimum absolute atomic E-state index is 0.161. The topological polar surface area (TPSA) is 118 Å². The molecule has 2 heterocycles. The third-order valence-electron chi connectivity index (χ3n) is 6.84. The zero-order chi connectivity index (χ0) is 30.7. The fraction of sp³-hybridized carbons (Fsp3) is 0.152. The van der Waals surface area contributed by atoms with Crippen molar-refractivity contribution in [1.29, 1.82) is 0 Å². The minimum atomic E-state index is -0.538. The zero-order valence-corrected chi connectivity index (χ0v) is 24.4. The molecular weight excluding hydrogens is 544 g/mol. The average Bonchev–Trinajstić information content (AvgIpc) is 3.19. The smallest absolute Gasteiger partial charge is 0.339 e. The maximum absolute atomic E-state index is 14.1. The number of imidazole rings is 1. The van der Waals surface area contributed by atoms with Crippen LogP contribution in [0, 0.1) is 5.21 Å². The van der Waals surface area contributed by atoms with Gasteiger partial charge in [0.15, 0.2) is 5.49 Å². The van der Waals surface area contributed by atoms with Crippen LogP contribution in [0.1, 0.15) is 6.92 Å². The van der Waals surface area contributed by atoms with Crippen LogP contribution in [0.2, 0.25) is 0 Å². The number of nitrogens with zero attached hydrogens (tertiary/aromatic N) is 5. The van der Waals surface area contributed by atoms with Crippen LogP contribution in [0.25, 0.3) is 17.1 Å². The van der Waals surface area contributed by atoms with Crippen molar-refractivity contribution in [3.05, 3.63) is 135 Å². The van der Waals surface area contributed by atoms with Crippen molar-refractivity contribution in [2.45, 2.75) is 6.92 Å². The summed E-state index contributed by atoms with van der Waals surface area (Å²) in [6.45, 7) is 1.97. The molecule has 10 nitrogen and oxygen atoms in total. The highest BCUT2D eigenvalue weighted by molar-refractivity contribution is 6.01. The van der Waals surface area contributed by atoms with Gasteiger partial charge in [-0.05, 0) is 67.6 Å². The number of benzene rings is 3. The molecule has 0 aliphatic carbocycles. The number of nitrogens with two attached hydrogens (primary N) is 1. The van der Waals surface area contributed by atoms with Crippen molar-refractivity contribution in [3.8, 4) is 22.9 Å². The number of hydroxylamine groups is 3. The Bertz CT molecular complexity index is 1960. The predicted octanol–water partition coefficient (Wildman–Crippen LogP) is 3.27. The quantitative estimate of drug-likeness (QED) is 0.150. The van der Waals surface area contributed by atoms with Crippen LogP contribution in [-0.4, -0.2) is 47.4 Å². The standard InChI is InChI=1S/C33H32N6O4/c1-23-19-20-35-32-31(30(23)34)37(24-15-17-28(18-16-24)43-27-12-6-5-7-13-27)33(41)38(32)26-11-8-10-25(22-26)36(2)29(40)14-9-21-39(3,4)42/h5-18,20,22H,21,34H2,1-4H3/b14-9+. The number of fused-ring (bicyclic) bond motifs is 1. The molecule has 1 aliphatic heterocycles. The van der Waals surface area contributed by atoms with E-state index < -0.39 is 10.3 Å². The SMILES string of the molecule is CC1=C=CN=c2c(n(-c3ccc(Oc4ccccc4)cc3)c(=O)n2-c2cccc(N(C)C(=O)/C=C/C[N+](C)(C)[O-])c2)=C1N. The van der Waals surface area contributed by atoms with Crippen LogP contribution in [0.5, 0.6) is 11.5 Å². The Morgan fingerprint density at radius 3 is 2.42 bits per heavy atom. The van der Waals surface area contributed by atoms with E-state index in [-0.39, 0.29) is 12.5 Å². The number of quaternary nitrogens is 1. The molecule has 0 unspecified atom stereocenters. The summed E-state index contributed by atoms with van der Waals surface area (Å²) >= 11 is 0. The lowest BCUT2D eigenvalue weighted by Crippen LogP contribution is -2.36. The highest BCUT2D eigenvalue weighted by Crippen LogP contribution is 2.22. The molecule has 0 spiro atoms. The van der Waals surface area contributed by atoms with Crippen LogP contribution in [0.15, 0.2) is 118 Å². The lowest BCUT2D eigenvalue weighted by molar-refractivity contribution is -0.833. The molecule has 4 aromatic rings. The Balaban J connectivity index is 1.59. The highest BCUT2D eigenvalue weighted by Gasteiger charge is 2.19. The molecule has 10 heteroatoms. The zero-order valence-electron chi connectivity index (χ0n) is 24.4. The number of rotatable bonds is 8. The van der Waals surface area contributed by atoms with Gasteiger partial charge in [-0.25, -0.2) is 14.4 Å². The number of anilines is 1. The van der Waals surface area contributed by atoms with Gasteiger partial charge in [0.05, 0.1) is 43.9 Å². The summed E-state index contributed by atoms with van der Waals surface area (Å²) in [7, 11) is 4.63. The molecule has 0 bridgehead atoms. The second-order valence-corrected chi connectivity index (χ2v) is 10.6. The van der Waals surface area contributed by atoms with E-state index in [1.165, 1.54) is 40.4 Å². The number of likely N-dealkylation sites (N-methyl/N-ethyl adjacent to an activating group) is 2. The predicted molar refractivity (Wildman–Crippen MR) is 166 cm³/mol. The van der Waals surface area contributed by atoms with E-state index in [0.717, 1.165) is 0 Å². The number of aromatic nitrogens is 2. The fourth-order valence-electron chi connectivity index (χ4n) is 4.54.